The maximum atomic E-state index is 11.5. The molecule has 1 aliphatic rings. The third-order valence-electron chi connectivity index (χ3n) is 2.94. The molecule has 2 aromatic heterocycles. The maximum absolute atomic E-state index is 11.5. The van der Waals surface area contributed by atoms with Crippen LogP contribution in [0.25, 0.3) is 16.1 Å². The Kier molecular flexibility index (Phi) is 3.09. The number of ketones is 1. The summed E-state index contributed by atoms with van der Waals surface area (Å²) in [4.78, 5) is 21.3. The number of rotatable bonds is 2. The highest BCUT2D eigenvalue weighted by Gasteiger charge is 2.16. The fourth-order valence-electron chi connectivity index (χ4n) is 2.04. The summed E-state index contributed by atoms with van der Waals surface area (Å²) in [5, 5.41) is 0.948. The van der Waals surface area contributed by atoms with E-state index in [0.29, 0.717) is 6.42 Å². The smallest absolute Gasteiger partial charge is 0.160 e. The Hall–Kier alpha value is -2.07. The van der Waals surface area contributed by atoms with Gasteiger partial charge in [-0.2, -0.15) is 0 Å². The first-order valence-corrected chi connectivity index (χ1v) is 6.84. The number of aromatic nitrogens is 2. The van der Waals surface area contributed by atoms with Crippen molar-refractivity contribution < 1.29 is 4.79 Å². The van der Waals surface area contributed by atoms with Gasteiger partial charge in [-0.1, -0.05) is 12.2 Å². The lowest BCUT2D eigenvalue weighted by Crippen LogP contribution is -1.98. The van der Waals surface area contributed by atoms with Crippen LogP contribution in [0.5, 0.6) is 0 Å². The fraction of sp³-hybridized carbons (Fsp3) is 0.133. The minimum Gasteiger partial charge on any atom is -0.294 e. The predicted molar refractivity (Wildman–Crippen MR) is 76.8 cm³/mol. The van der Waals surface area contributed by atoms with Crippen molar-refractivity contribution in [1.29, 1.82) is 0 Å². The molecule has 0 radical (unpaired) electrons. The van der Waals surface area contributed by atoms with Crippen molar-refractivity contribution in [2.24, 2.45) is 0 Å². The average Bonchev–Trinajstić information content (AvgIpc) is 2.82. The number of pyridine rings is 1. The van der Waals surface area contributed by atoms with Gasteiger partial charge in [-0.3, -0.25) is 9.78 Å². The monoisotopic (exact) mass is 268 g/mol. The molecule has 0 spiro atoms. The molecule has 0 N–H and O–H groups in total. The Morgan fingerprint density at radius 3 is 3.00 bits per heavy atom. The summed E-state index contributed by atoms with van der Waals surface area (Å²) in [6, 6.07) is 3.90. The summed E-state index contributed by atoms with van der Waals surface area (Å²) in [7, 11) is 0. The Balaban J connectivity index is 2.01. The van der Waals surface area contributed by atoms with Crippen molar-refractivity contribution in [3.8, 4) is 10.6 Å². The summed E-state index contributed by atoms with van der Waals surface area (Å²) in [5.41, 5.74) is 3.04. The van der Waals surface area contributed by atoms with Crippen molar-refractivity contribution in [2.75, 3.05) is 0 Å². The first-order chi connectivity index (χ1) is 9.24. The molecule has 2 aromatic rings. The van der Waals surface area contributed by atoms with Crippen molar-refractivity contribution in [1.82, 2.24) is 9.97 Å². The molecule has 94 valence electrons. The van der Waals surface area contributed by atoms with E-state index in [2.05, 4.69) is 9.97 Å². The normalized spacial score (nSPS) is 14.6. The summed E-state index contributed by atoms with van der Waals surface area (Å²) >= 11 is 1.62. The molecule has 1 aliphatic carbocycles. The van der Waals surface area contributed by atoms with Crippen LogP contribution >= 0.6 is 11.3 Å². The quantitative estimate of drug-likeness (QED) is 0.838. The summed E-state index contributed by atoms with van der Waals surface area (Å²) < 4.78 is 0. The lowest BCUT2D eigenvalue weighted by atomic mass is 10.0. The molecule has 0 aliphatic heterocycles. The number of allylic oxidation sites excluding steroid dienone is 4. The second kappa shape index (κ2) is 4.90. The van der Waals surface area contributed by atoms with Crippen molar-refractivity contribution in [2.45, 2.75) is 13.3 Å². The van der Waals surface area contributed by atoms with E-state index >= 15 is 0 Å². The van der Waals surface area contributed by atoms with Gasteiger partial charge in [0.15, 0.2) is 5.78 Å². The van der Waals surface area contributed by atoms with E-state index in [0.717, 1.165) is 26.7 Å². The molecule has 4 heteroatoms. The second-order valence-electron chi connectivity index (χ2n) is 4.37. The lowest BCUT2D eigenvalue weighted by molar-refractivity contribution is -0.113. The van der Waals surface area contributed by atoms with Gasteiger partial charge in [0, 0.05) is 24.4 Å². The Bertz CT molecular complexity index is 683. The summed E-state index contributed by atoms with van der Waals surface area (Å²) in [5.74, 6) is 0.147. The molecule has 2 heterocycles. The van der Waals surface area contributed by atoms with Gasteiger partial charge in [0.25, 0.3) is 0 Å². The van der Waals surface area contributed by atoms with Crippen molar-refractivity contribution in [3.05, 3.63) is 53.3 Å². The van der Waals surface area contributed by atoms with Crippen LogP contribution in [0, 0.1) is 6.92 Å². The lowest BCUT2D eigenvalue weighted by Gasteiger charge is -2.05. The zero-order chi connectivity index (χ0) is 13.2. The van der Waals surface area contributed by atoms with Gasteiger partial charge >= 0.3 is 0 Å². The molecule has 0 bridgehead atoms. The molecular formula is C15H12N2OS. The molecule has 0 amide bonds. The zero-order valence-electron chi connectivity index (χ0n) is 10.5. The van der Waals surface area contributed by atoms with E-state index in [1.54, 1.807) is 23.6 Å². The fourth-order valence-corrected chi connectivity index (χ4v) is 3.12. The van der Waals surface area contributed by atoms with Gasteiger partial charge in [-0.15, -0.1) is 11.3 Å². The predicted octanol–water partition coefficient (Wildman–Crippen LogP) is 3.43. The van der Waals surface area contributed by atoms with E-state index in [1.165, 1.54) is 0 Å². The zero-order valence-corrected chi connectivity index (χ0v) is 11.3. The van der Waals surface area contributed by atoms with Crippen molar-refractivity contribution in [3.63, 3.8) is 0 Å². The van der Waals surface area contributed by atoms with Gasteiger partial charge in [0.05, 0.1) is 10.6 Å². The average molecular weight is 268 g/mol. The minimum absolute atomic E-state index is 0.147. The van der Waals surface area contributed by atoms with Crippen LogP contribution in [0.1, 0.15) is 17.0 Å². The van der Waals surface area contributed by atoms with Crippen LogP contribution in [-0.2, 0) is 4.79 Å². The molecule has 0 unspecified atom stereocenters. The second-order valence-corrected chi connectivity index (χ2v) is 5.37. The van der Waals surface area contributed by atoms with Crippen LogP contribution in [0.2, 0.25) is 0 Å². The maximum Gasteiger partial charge on any atom is 0.160 e. The van der Waals surface area contributed by atoms with Gasteiger partial charge in [-0.05, 0) is 30.7 Å². The number of carbonyl (C=O) groups is 1. The van der Waals surface area contributed by atoms with Gasteiger partial charge in [0.1, 0.15) is 5.01 Å². The number of carbonyl (C=O) groups excluding carboxylic acids is 1. The molecule has 19 heavy (non-hydrogen) atoms. The van der Waals surface area contributed by atoms with Crippen molar-refractivity contribution >= 4 is 22.7 Å². The van der Waals surface area contributed by atoms with E-state index in [4.69, 9.17) is 0 Å². The van der Waals surface area contributed by atoms with Gasteiger partial charge in [0.2, 0.25) is 0 Å². The van der Waals surface area contributed by atoms with E-state index in [1.807, 2.05) is 37.4 Å². The Morgan fingerprint density at radius 2 is 2.26 bits per heavy atom. The van der Waals surface area contributed by atoms with Gasteiger partial charge < -0.3 is 0 Å². The molecule has 0 saturated heterocycles. The molecule has 0 saturated carbocycles. The largest absolute Gasteiger partial charge is 0.294 e. The molecule has 0 atom stereocenters. The highest BCUT2D eigenvalue weighted by molar-refractivity contribution is 7.16. The number of nitrogens with zero attached hydrogens (tertiary/aromatic N) is 2. The van der Waals surface area contributed by atoms with Crippen LogP contribution in [0.4, 0.5) is 0 Å². The summed E-state index contributed by atoms with van der Waals surface area (Å²) in [6.45, 7) is 1.98. The first-order valence-electron chi connectivity index (χ1n) is 6.02. The Morgan fingerprint density at radius 1 is 1.37 bits per heavy atom. The molecule has 0 fully saturated rings. The number of hydrogen-bond acceptors (Lipinski definition) is 4. The third kappa shape index (κ3) is 2.39. The number of aryl methyl sites for hydroxylation is 1. The first kappa shape index (κ1) is 12.0. The molecule has 3 rings (SSSR count). The molecule has 0 aromatic carbocycles. The third-order valence-corrected chi connectivity index (χ3v) is 4.22. The SMILES string of the molecule is Cc1nc(-c2cccnc2)sc1C1=CC=CC(=O)C1. The summed E-state index contributed by atoms with van der Waals surface area (Å²) in [6.07, 6.45) is 9.44. The Labute approximate surface area is 115 Å². The highest BCUT2D eigenvalue weighted by atomic mass is 32.1. The molecule has 3 nitrogen and oxygen atoms in total. The van der Waals surface area contributed by atoms with Crippen LogP contribution in [0.3, 0.4) is 0 Å². The standard InChI is InChI=1S/C15H12N2OS/c1-10-14(11-4-2-6-13(18)8-11)19-15(17-10)12-5-3-7-16-9-12/h2-7,9H,8H2,1H3. The topological polar surface area (TPSA) is 42.9 Å². The van der Waals surface area contributed by atoms with Crippen LogP contribution < -0.4 is 0 Å². The number of thiazole rings is 1. The van der Waals surface area contributed by atoms with E-state index in [9.17, 15) is 4.79 Å². The van der Waals surface area contributed by atoms with Crippen LogP contribution in [0.15, 0.2) is 42.8 Å². The highest BCUT2D eigenvalue weighted by Crippen LogP contribution is 2.34. The van der Waals surface area contributed by atoms with E-state index < -0.39 is 0 Å². The number of hydrogen-bond donors (Lipinski definition) is 0. The van der Waals surface area contributed by atoms with Gasteiger partial charge in [-0.25, -0.2) is 4.98 Å². The minimum atomic E-state index is 0.147. The van der Waals surface area contributed by atoms with Crippen LogP contribution in [-0.4, -0.2) is 15.8 Å². The van der Waals surface area contributed by atoms with E-state index in [-0.39, 0.29) is 5.78 Å². The molecular weight excluding hydrogens is 256 g/mol.